The van der Waals surface area contributed by atoms with E-state index in [2.05, 4.69) is 25.4 Å². The molecular formula is C23H23N7O2. The first-order chi connectivity index (χ1) is 15.5. The van der Waals surface area contributed by atoms with E-state index in [-0.39, 0.29) is 18.1 Å². The Balaban J connectivity index is 1.74. The number of para-hydroxylation sites is 1. The van der Waals surface area contributed by atoms with Gasteiger partial charge >= 0.3 is 0 Å². The second-order valence-corrected chi connectivity index (χ2v) is 7.21. The van der Waals surface area contributed by atoms with Gasteiger partial charge in [-0.3, -0.25) is 9.78 Å². The van der Waals surface area contributed by atoms with Crippen molar-refractivity contribution < 1.29 is 9.53 Å². The molecule has 32 heavy (non-hydrogen) atoms. The van der Waals surface area contributed by atoms with Gasteiger partial charge in [0.05, 0.1) is 7.11 Å². The lowest BCUT2D eigenvalue weighted by molar-refractivity contribution is 0.0946. The monoisotopic (exact) mass is 429 g/mol. The molecule has 0 saturated carbocycles. The lowest BCUT2D eigenvalue weighted by Gasteiger charge is -2.14. The largest absolute Gasteiger partial charge is 0.496 e. The van der Waals surface area contributed by atoms with Crippen molar-refractivity contribution in [1.82, 2.24) is 30.0 Å². The number of benzene rings is 1. The van der Waals surface area contributed by atoms with Crippen LogP contribution in [0.2, 0.25) is 0 Å². The number of amides is 1. The number of pyridine rings is 1. The molecule has 3 N–H and O–H groups in total. The number of aryl methyl sites for hydroxylation is 2. The second kappa shape index (κ2) is 8.84. The van der Waals surface area contributed by atoms with Gasteiger partial charge in [0, 0.05) is 41.5 Å². The summed E-state index contributed by atoms with van der Waals surface area (Å²) in [5, 5.41) is 7.11. The van der Waals surface area contributed by atoms with Crippen LogP contribution >= 0.6 is 0 Å². The van der Waals surface area contributed by atoms with Gasteiger partial charge in [-0.1, -0.05) is 18.2 Å². The average Bonchev–Trinajstić information content (AvgIpc) is 3.31. The number of nitrogens with two attached hydrogens (primary N) is 1. The Morgan fingerprint density at radius 2 is 1.84 bits per heavy atom. The number of aromatic nitrogens is 5. The summed E-state index contributed by atoms with van der Waals surface area (Å²) in [6, 6.07) is 13.0. The first-order valence-electron chi connectivity index (χ1n) is 9.99. The van der Waals surface area contributed by atoms with E-state index in [0.717, 1.165) is 22.5 Å². The molecule has 1 amide bonds. The number of nitrogen functional groups attached to an aromatic ring is 1. The Bertz CT molecular complexity index is 1250. The van der Waals surface area contributed by atoms with Crippen molar-refractivity contribution in [2.75, 3.05) is 12.8 Å². The smallest absolute Gasteiger partial charge is 0.274 e. The van der Waals surface area contributed by atoms with E-state index in [1.165, 1.54) is 0 Å². The van der Waals surface area contributed by atoms with Crippen LogP contribution in [0.5, 0.6) is 5.75 Å². The van der Waals surface area contributed by atoms with Crippen molar-refractivity contribution in [2.24, 2.45) is 0 Å². The summed E-state index contributed by atoms with van der Waals surface area (Å²) in [7, 11) is 1.59. The first-order valence-corrected chi connectivity index (χ1v) is 9.99. The summed E-state index contributed by atoms with van der Waals surface area (Å²) >= 11 is 0. The summed E-state index contributed by atoms with van der Waals surface area (Å²) in [4.78, 5) is 26.5. The Labute approximate surface area is 185 Å². The molecule has 1 aromatic carbocycles. The van der Waals surface area contributed by atoms with Crippen LogP contribution in [0.25, 0.3) is 17.1 Å². The number of methoxy groups -OCH3 is 1. The Morgan fingerprint density at radius 1 is 1.09 bits per heavy atom. The van der Waals surface area contributed by atoms with Crippen molar-refractivity contribution in [3.05, 3.63) is 77.5 Å². The molecule has 3 heterocycles. The molecule has 0 spiro atoms. The summed E-state index contributed by atoms with van der Waals surface area (Å²) in [6.45, 7) is 4.05. The third kappa shape index (κ3) is 4.27. The number of carbonyl (C=O) groups excluding carboxylic acids is 1. The van der Waals surface area contributed by atoms with Gasteiger partial charge in [-0.05, 0) is 38.1 Å². The van der Waals surface area contributed by atoms with E-state index in [1.54, 1.807) is 30.3 Å². The summed E-state index contributed by atoms with van der Waals surface area (Å²) < 4.78 is 6.91. The van der Waals surface area contributed by atoms with Crippen molar-refractivity contribution in [2.45, 2.75) is 20.4 Å². The highest BCUT2D eigenvalue weighted by molar-refractivity contribution is 5.97. The van der Waals surface area contributed by atoms with E-state index < -0.39 is 5.91 Å². The number of hydrogen-bond acceptors (Lipinski definition) is 7. The Morgan fingerprint density at radius 3 is 2.53 bits per heavy atom. The quantitative estimate of drug-likeness (QED) is 0.483. The molecule has 162 valence electrons. The third-order valence-electron chi connectivity index (χ3n) is 4.83. The Hall–Kier alpha value is -4.27. The van der Waals surface area contributed by atoms with Gasteiger partial charge in [-0.15, -0.1) is 0 Å². The van der Waals surface area contributed by atoms with Crippen molar-refractivity contribution >= 4 is 11.7 Å². The fourth-order valence-electron chi connectivity index (χ4n) is 3.43. The van der Waals surface area contributed by atoms with Crippen LogP contribution in [0, 0.1) is 13.8 Å². The highest BCUT2D eigenvalue weighted by Crippen LogP contribution is 2.26. The van der Waals surface area contributed by atoms with E-state index in [4.69, 9.17) is 10.5 Å². The van der Waals surface area contributed by atoms with Gasteiger partial charge in [-0.2, -0.15) is 5.10 Å². The third-order valence-corrected chi connectivity index (χ3v) is 4.83. The molecule has 9 heteroatoms. The molecule has 3 aromatic heterocycles. The maximum atomic E-state index is 13.0. The fourth-order valence-corrected chi connectivity index (χ4v) is 3.43. The standard InChI is InChI=1S/C23H23N7O2/c1-14-11-17(12-15(2)27-14)19-22(30-10-6-9-26-30)29-21(24)20(28-19)23(31)25-13-16-7-4-5-8-18(16)32-3/h4-12H,13H2,1-3H3,(H2,24,29)(H,25,31). The normalized spacial score (nSPS) is 10.7. The zero-order chi connectivity index (χ0) is 22.7. The van der Waals surface area contributed by atoms with E-state index in [1.807, 2.05) is 50.2 Å². The SMILES string of the molecule is COc1ccccc1CNC(=O)c1nc(-c2cc(C)nc(C)c2)c(-n2cccn2)nc1N. The fraction of sp³-hybridized carbons (Fsp3) is 0.174. The molecule has 0 atom stereocenters. The molecule has 0 aliphatic heterocycles. The molecule has 9 nitrogen and oxygen atoms in total. The average molecular weight is 429 g/mol. The van der Waals surface area contributed by atoms with Gasteiger partial charge in [-0.25, -0.2) is 14.6 Å². The predicted molar refractivity (Wildman–Crippen MR) is 120 cm³/mol. The molecule has 0 aliphatic rings. The van der Waals surface area contributed by atoms with Gasteiger partial charge < -0.3 is 15.8 Å². The summed E-state index contributed by atoms with van der Waals surface area (Å²) in [5.74, 6) is 0.694. The molecule has 0 saturated heterocycles. The number of hydrogen-bond donors (Lipinski definition) is 2. The van der Waals surface area contributed by atoms with Crippen LogP contribution in [0.4, 0.5) is 5.82 Å². The molecule has 0 radical (unpaired) electrons. The number of rotatable bonds is 6. The maximum Gasteiger partial charge on any atom is 0.274 e. The van der Waals surface area contributed by atoms with Crippen LogP contribution < -0.4 is 15.8 Å². The van der Waals surface area contributed by atoms with Gasteiger partial charge in [0.15, 0.2) is 17.3 Å². The van der Waals surface area contributed by atoms with Crippen molar-refractivity contribution in [1.29, 1.82) is 0 Å². The minimum atomic E-state index is -0.434. The van der Waals surface area contributed by atoms with Crippen LogP contribution in [0.15, 0.2) is 54.9 Å². The van der Waals surface area contributed by atoms with E-state index >= 15 is 0 Å². The number of ether oxygens (including phenoxy) is 1. The minimum Gasteiger partial charge on any atom is -0.496 e. The summed E-state index contributed by atoms with van der Waals surface area (Å²) in [6.07, 6.45) is 3.38. The molecule has 4 rings (SSSR count). The lowest BCUT2D eigenvalue weighted by atomic mass is 10.1. The first kappa shape index (κ1) is 21.0. The zero-order valence-electron chi connectivity index (χ0n) is 18.0. The van der Waals surface area contributed by atoms with Gasteiger partial charge in [0.1, 0.15) is 11.4 Å². The number of nitrogens with zero attached hydrogens (tertiary/aromatic N) is 5. The van der Waals surface area contributed by atoms with Crippen LogP contribution in [-0.4, -0.2) is 37.7 Å². The van der Waals surface area contributed by atoms with Gasteiger partial charge in [0.2, 0.25) is 0 Å². The molecule has 0 fully saturated rings. The maximum absolute atomic E-state index is 13.0. The highest BCUT2D eigenvalue weighted by Gasteiger charge is 2.21. The molecule has 0 aliphatic carbocycles. The minimum absolute atomic E-state index is 0.0132. The molecule has 4 aromatic rings. The van der Waals surface area contributed by atoms with Crippen LogP contribution in [0.3, 0.4) is 0 Å². The van der Waals surface area contributed by atoms with E-state index in [0.29, 0.717) is 17.3 Å². The number of carbonyl (C=O) groups is 1. The highest BCUT2D eigenvalue weighted by atomic mass is 16.5. The van der Waals surface area contributed by atoms with Crippen molar-refractivity contribution in [3.63, 3.8) is 0 Å². The van der Waals surface area contributed by atoms with Crippen LogP contribution in [0.1, 0.15) is 27.4 Å². The Kier molecular flexibility index (Phi) is 5.80. The zero-order valence-corrected chi connectivity index (χ0v) is 18.0. The number of nitrogens with one attached hydrogen (secondary N) is 1. The summed E-state index contributed by atoms with van der Waals surface area (Å²) in [5.41, 5.74) is 9.93. The van der Waals surface area contributed by atoms with Crippen LogP contribution in [-0.2, 0) is 6.54 Å². The predicted octanol–water partition coefficient (Wildman–Crippen LogP) is 2.86. The lowest BCUT2D eigenvalue weighted by Crippen LogP contribution is -2.26. The molecule has 0 unspecified atom stereocenters. The van der Waals surface area contributed by atoms with E-state index in [9.17, 15) is 4.79 Å². The molecular weight excluding hydrogens is 406 g/mol. The topological polar surface area (TPSA) is 121 Å². The number of anilines is 1. The second-order valence-electron chi connectivity index (χ2n) is 7.21. The molecule has 0 bridgehead atoms. The van der Waals surface area contributed by atoms with Gasteiger partial charge in [0.25, 0.3) is 5.91 Å². The van der Waals surface area contributed by atoms with Crippen molar-refractivity contribution in [3.8, 4) is 22.8 Å².